The molecule has 0 spiro atoms. The van der Waals surface area contributed by atoms with Crippen molar-refractivity contribution in [3.05, 3.63) is 182 Å². The van der Waals surface area contributed by atoms with Gasteiger partial charge in [-0.15, -0.1) is 0 Å². The Hall–Kier alpha value is -6.65. The fourth-order valence-corrected chi connectivity index (χ4v) is 6.40. The first kappa shape index (κ1) is 24.5. The third kappa shape index (κ3) is 5.35. The molecule has 0 aliphatic carbocycles. The smallest absolute Gasteiger partial charge is 0.164 e. The van der Waals surface area contributed by atoms with E-state index in [4.69, 9.17) is 20.4 Å². The van der Waals surface area contributed by atoms with Crippen LogP contribution in [0.1, 0.15) is 5.48 Å². The minimum absolute atomic E-state index is 0.0720. The first-order chi connectivity index (χ1) is 25.9. The maximum Gasteiger partial charge on any atom is 0.164 e. The quantitative estimate of drug-likeness (QED) is 0.184. The van der Waals surface area contributed by atoms with Crippen LogP contribution in [0.4, 0.5) is 0 Å². The summed E-state index contributed by atoms with van der Waals surface area (Å²) in [6.45, 7) is 0. The molecule has 0 aliphatic heterocycles. The molecule has 9 rings (SSSR count). The van der Waals surface area contributed by atoms with Gasteiger partial charge in [-0.05, 0) is 52.6 Å². The predicted molar refractivity (Wildman–Crippen MR) is 201 cm³/mol. The third-order valence-corrected chi connectivity index (χ3v) is 8.76. The number of hydrogen-bond donors (Lipinski definition) is 0. The SMILES string of the molecule is [2H]c1c([2H])c([2H])c2c(c1[2H])c1ccc(-c3cccc(-c4ccccc4)c3)cc1n2-c1cccc(-c2nc(-c3ccccc3)nc(-c3ccccc3)n2)c1. The highest BCUT2D eigenvalue weighted by molar-refractivity contribution is 6.10. The van der Waals surface area contributed by atoms with E-state index in [1.54, 1.807) is 0 Å². The van der Waals surface area contributed by atoms with Crippen LogP contribution in [-0.2, 0) is 0 Å². The lowest BCUT2D eigenvalue weighted by Gasteiger charge is -2.12. The summed E-state index contributed by atoms with van der Waals surface area (Å²) in [5.74, 6) is 1.59. The highest BCUT2D eigenvalue weighted by Gasteiger charge is 2.16. The number of para-hydroxylation sites is 1. The lowest BCUT2D eigenvalue weighted by Crippen LogP contribution is -2.01. The summed E-state index contributed by atoms with van der Waals surface area (Å²) in [6.07, 6.45) is 0. The molecule has 0 fully saturated rings. The van der Waals surface area contributed by atoms with Crippen molar-refractivity contribution in [1.29, 1.82) is 0 Å². The summed E-state index contributed by atoms with van der Waals surface area (Å²) in [5, 5.41) is 1.21. The fraction of sp³-hybridized carbons (Fsp3) is 0. The maximum absolute atomic E-state index is 9.11. The number of aromatic nitrogens is 4. The highest BCUT2D eigenvalue weighted by atomic mass is 15.0. The van der Waals surface area contributed by atoms with Gasteiger partial charge in [0.25, 0.3) is 0 Å². The second kappa shape index (κ2) is 12.2. The van der Waals surface area contributed by atoms with E-state index >= 15 is 0 Å². The van der Waals surface area contributed by atoms with Gasteiger partial charge in [0, 0.05) is 33.2 Å². The zero-order chi connectivity index (χ0) is 36.1. The molecule has 49 heavy (non-hydrogen) atoms. The molecule has 0 amide bonds. The Morgan fingerprint density at radius 1 is 0.367 bits per heavy atom. The van der Waals surface area contributed by atoms with Gasteiger partial charge < -0.3 is 4.57 Å². The van der Waals surface area contributed by atoms with Crippen molar-refractivity contribution in [3.8, 4) is 62.1 Å². The molecule has 4 nitrogen and oxygen atoms in total. The molecular weight excluding hydrogens is 597 g/mol. The molecule has 0 unspecified atom stereocenters. The average Bonchev–Trinajstić information content (AvgIpc) is 3.58. The van der Waals surface area contributed by atoms with Gasteiger partial charge in [0.05, 0.1) is 16.5 Å². The molecule has 9 aromatic rings. The first-order valence-corrected chi connectivity index (χ1v) is 16.1. The van der Waals surface area contributed by atoms with E-state index in [-0.39, 0.29) is 24.2 Å². The van der Waals surface area contributed by atoms with E-state index in [0.29, 0.717) is 34.1 Å². The summed E-state index contributed by atoms with van der Waals surface area (Å²) >= 11 is 0. The Bertz CT molecular complexity index is 2760. The van der Waals surface area contributed by atoms with Crippen LogP contribution in [0.15, 0.2) is 182 Å². The monoisotopic (exact) mass is 630 g/mol. The van der Waals surface area contributed by atoms with Crippen LogP contribution < -0.4 is 0 Å². The van der Waals surface area contributed by atoms with Crippen LogP contribution >= 0.6 is 0 Å². The molecule has 0 saturated carbocycles. The molecule has 2 aromatic heterocycles. The minimum Gasteiger partial charge on any atom is -0.309 e. The van der Waals surface area contributed by atoms with E-state index < -0.39 is 0 Å². The molecule has 0 N–H and O–H groups in total. The zero-order valence-electron chi connectivity index (χ0n) is 30.3. The summed E-state index contributed by atoms with van der Waals surface area (Å²) in [6, 6.07) is 51.4. The average molecular weight is 631 g/mol. The number of hydrogen-bond acceptors (Lipinski definition) is 3. The van der Waals surface area contributed by atoms with Gasteiger partial charge in [-0.25, -0.2) is 15.0 Å². The standard InChI is InChI=1S/C45H30N4/c1-4-14-31(15-5-1)34-20-12-21-35(28-34)36-26-27-40-39-24-10-11-25-41(39)49(42(40)30-36)38-23-13-22-37(29-38)45-47-43(32-16-6-2-7-17-32)46-44(48-45)33-18-8-3-9-19-33/h1-30H/i10D,11D,24D,25D. The van der Waals surface area contributed by atoms with Crippen molar-refractivity contribution >= 4 is 21.8 Å². The number of nitrogens with zero attached hydrogens (tertiary/aromatic N) is 4. The normalized spacial score (nSPS) is 12.4. The maximum atomic E-state index is 9.11. The highest BCUT2D eigenvalue weighted by Crippen LogP contribution is 2.36. The van der Waals surface area contributed by atoms with Crippen LogP contribution in [0.5, 0.6) is 0 Å². The van der Waals surface area contributed by atoms with Gasteiger partial charge in [-0.3, -0.25) is 0 Å². The summed E-state index contributed by atoms with van der Waals surface area (Å²) in [5.41, 5.74) is 8.55. The topological polar surface area (TPSA) is 43.6 Å². The second-order valence-electron chi connectivity index (χ2n) is 11.8. The molecule has 0 atom stereocenters. The molecule has 0 bridgehead atoms. The molecule has 0 aliphatic rings. The number of rotatable bonds is 6. The molecule has 2 heterocycles. The van der Waals surface area contributed by atoms with Crippen molar-refractivity contribution < 1.29 is 5.48 Å². The van der Waals surface area contributed by atoms with Gasteiger partial charge in [0.15, 0.2) is 17.5 Å². The molecule has 0 saturated heterocycles. The Morgan fingerprint density at radius 2 is 0.878 bits per heavy atom. The summed E-state index contributed by atoms with van der Waals surface area (Å²) in [7, 11) is 0. The van der Waals surface area contributed by atoms with Gasteiger partial charge in [-0.1, -0.05) is 152 Å². The number of fused-ring (bicyclic) bond motifs is 3. The van der Waals surface area contributed by atoms with E-state index in [1.165, 1.54) is 0 Å². The van der Waals surface area contributed by atoms with Gasteiger partial charge >= 0.3 is 0 Å². The van der Waals surface area contributed by atoms with Crippen LogP contribution in [-0.4, -0.2) is 19.5 Å². The molecular formula is C45H30N4. The van der Waals surface area contributed by atoms with Crippen molar-refractivity contribution in [2.45, 2.75) is 0 Å². The van der Waals surface area contributed by atoms with E-state index in [2.05, 4.69) is 36.4 Å². The lowest BCUT2D eigenvalue weighted by atomic mass is 9.98. The van der Waals surface area contributed by atoms with Gasteiger partial charge in [0.1, 0.15) is 0 Å². The van der Waals surface area contributed by atoms with Crippen LogP contribution in [0.3, 0.4) is 0 Å². The number of benzene rings is 7. The molecule has 230 valence electrons. The molecule has 4 heteroatoms. The third-order valence-electron chi connectivity index (χ3n) is 8.76. The van der Waals surface area contributed by atoms with Crippen molar-refractivity contribution in [2.75, 3.05) is 0 Å². The minimum atomic E-state index is -0.282. The largest absolute Gasteiger partial charge is 0.309 e. The Labute approximate surface area is 290 Å². The first-order valence-electron chi connectivity index (χ1n) is 18.1. The summed E-state index contributed by atoms with van der Waals surface area (Å²) in [4.78, 5) is 14.7. The molecule has 7 aromatic carbocycles. The fourth-order valence-electron chi connectivity index (χ4n) is 6.40. The van der Waals surface area contributed by atoms with E-state index in [9.17, 15) is 0 Å². The van der Waals surface area contributed by atoms with E-state index in [0.717, 1.165) is 49.8 Å². The van der Waals surface area contributed by atoms with Crippen LogP contribution in [0.2, 0.25) is 0 Å². The second-order valence-corrected chi connectivity index (χ2v) is 11.8. The lowest BCUT2D eigenvalue weighted by molar-refractivity contribution is 1.07. The van der Waals surface area contributed by atoms with E-state index in [1.807, 2.05) is 126 Å². The van der Waals surface area contributed by atoms with Gasteiger partial charge in [0.2, 0.25) is 0 Å². The zero-order valence-corrected chi connectivity index (χ0v) is 26.3. The van der Waals surface area contributed by atoms with Gasteiger partial charge in [-0.2, -0.15) is 0 Å². The Balaban J connectivity index is 1.27. The van der Waals surface area contributed by atoms with Crippen molar-refractivity contribution in [1.82, 2.24) is 19.5 Å². The van der Waals surface area contributed by atoms with Crippen LogP contribution in [0.25, 0.3) is 83.9 Å². The molecule has 0 radical (unpaired) electrons. The van der Waals surface area contributed by atoms with Crippen LogP contribution in [0, 0.1) is 0 Å². The van der Waals surface area contributed by atoms with Crippen molar-refractivity contribution in [3.63, 3.8) is 0 Å². The predicted octanol–water partition coefficient (Wildman–Crippen LogP) is 11.3. The Morgan fingerprint density at radius 3 is 1.55 bits per heavy atom. The summed E-state index contributed by atoms with van der Waals surface area (Å²) < 4.78 is 37.2. The van der Waals surface area contributed by atoms with Crippen molar-refractivity contribution in [2.24, 2.45) is 0 Å². The Kier molecular flexibility index (Phi) is 6.09.